The molecule has 1 unspecified atom stereocenters. The second kappa shape index (κ2) is 7.09. The number of hydrogen-bond acceptors (Lipinski definition) is 2. The summed E-state index contributed by atoms with van der Waals surface area (Å²) in [6.07, 6.45) is 4.01. The van der Waals surface area contributed by atoms with Crippen LogP contribution in [0, 0.1) is 25.5 Å². The average Bonchev–Trinajstić information content (AvgIpc) is 2.59. The maximum absolute atomic E-state index is 14.5. The van der Waals surface area contributed by atoms with Gasteiger partial charge in [0.05, 0.1) is 11.3 Å². The number of halogens is 4. The van der Waals surface area contributed by atoms with Crippen LogP contribution in [0.5, 0.6) is 0 Å². The summed E-state index contributed by atoms with van der Waals surface area (Å²) in [5.41, 5.74) is 3.50. The highest BCUT2D eigenvalue weighted by molar-refractivity contribution is 6.55. The van der Waals surface area contributed by atoms with Gasteiger partial charge in [0.25, 0.3) is 0 Å². The number of hydrogen-bond donors (Lipinski definition) is 0. The van der Waals surface area contributed by atoms with Crippen molar-refractivity contribution in [2.75, 3.05) is 0 Å². The minimum atomic E-state index is -0.864. The average molecular weight is 395 g/mol. The van der Waals surface area contributed by atoms with Gasteiger partial charge in [0.2, 0.25) is 0 Å². The van der Waals surface area contributed by atoms with Gasteiger partial charge in [-0.1, -0.05) is 29.3 Å². The van der Waals surface area contributed by atoms with Gasteiger partial charge in [0.15, 0.2) is 11.6 Å². The van der Waals surface area contributed by atoms with Crippen LogP contribution in [0.25, 0.3) is 0 Å². The molecule has 26 heavy (non-hydrogen) atoms. The van der Waals surface area contributed by atoms with Gasteiger partial charge in [-0.25, -0.2) is 8.78 Å². The molecule has 0 bridgehead atoms. The minimum Gasteiger partial charge on any atom is -0.277 e. The number of nitrogens with zero attached hydrogens (tertiary/aromatic N) is 2. The molecule has 0 saturated heterocycles. The number of rotatable bonds is 3. The highest BCUT2D eigenvalue weighted by Crippen LogP contribution is 2.35. The van der Waals surface area contributed by atoms with E-state index in [0.717, 1.165) is 22.9 Å². The van der Waals surface area contributed by atoms with Gasteiger partial charge in [-0.2, -0.15) is 0 Å². The first-order valence-corrected chi connectivity index (χ1v) is 8.98. The van der Waals surface area contributed by atoms with Gasteiger partial charge in [0.1, 0.15) is 4.49 Å². The Morgan fingerprint density at radius 3 is 2.65 bits per heavy atom. The Labute approximate surface area is 161 Å². The first kappa shape index (κ1) is 19.0. The largest absolute Gasteiger partial charge is 0.277 e. The van der Waals surface area contributed by atoms with Crippen molar-refractivity contribution < 1.29 is 8.78 Å². The summed E-state index contributed by atoms with van der Waals surface area (Å²) in [5.74, 6) is -1.70. The summed E-state index contributed by atoms with van der Waals surface area (Å²) < 4.78 is 28.5. The predicted molar refractivity (Wildman–Crippen MR) is 102 cm³/mol. The Kier molecular flexibility index (Phi) is 5.18. The molecule has 2 heterocycles. The van der Waals surface area contributed by atoms with E-state index in [-0.39, 0.29) is 10.9 Å². The standard InChI is InChI=1S/C20H18Cl2F2N2/c1-11-8-13(10-25-12(11)2)19-14-4-5-16(23)18(24)15(14)9-20(3,26-19)7-6-17(21)22/h4-6,8,10H,7,9H2,1-3H3. The maximum Gasteiger partial charge on any atom is 0.162 e. The van der Waals surface area contributed by atoms with Gasteiger partial charge in [0, 0.05) is 35.0 Å². The van der Waals surface area contributed by atoms with Crippen molar-refractivity contribution in [3.8, 4) is 0 Å². The Bertz CT molecular complexity index is 934. The topological polar surface area (TPSA) is 25.2 Å². The van der Waals surface area contributed by atoms with Crippen LogP contribution in [0.15, 0.2) is 40.0 Å². The third kappa shape index (κ3) is 3.67. The quantitative estimate of drug-likeness (QED) is 0.641. The van der Waals surface area contributed by atoms with Crippen LogP contribution in [0.3, 0.4) is 0 Å². The zero-order valence-electron chi connectivity index (χ0n) is 14.7. The smallest absolute Gasteiger partial charge is 0.162 e. The van der Waals surface area contributed by atoms with E-state index >= 15 is 0 Å². The lowest BCUT2D eigenvalue weighted by molar-refractivity contribution is 0.439. The van der Waals surface area contributed by atoms with Crippen molar-refractivity contribution in [2.45, 2.75) is 39.2 Å². The van der Waals surface area contributed by atoms with Gasteiger partial charge < -0.3 is 0 Å². The molecule has 0 amide bonds. The van der Waals surface area contributed by atoms with Crippen molar-refractivity contribution in [2.24, 2.45) is 4.99 Å². The van der Waals surface area contributed by atoms with E-state index in [2.05, 4.69) is 4.98 Å². The molecule has 136 valence electrons. The van der Waals surface area contributed by atoms with E-state index in [1.54, 1.807) is 18.3 Å². The zero-order chi connectivity index (χ0) is 19.1. The third-order valence-corrected chi connectivity index (χ3v) is 5.01. The Morgan fingerprint density at radius 2 is 2.00 bits per heavy atom. The third-order valence-electron chi connectivity index (χ3n) is 4.70. The lowest BCUT2D eigenvalue weighted by Crippen LogP contribution is -2.33. The highest BCUT2D eigenvalue weighted by atomic mass is 35.5. The summed E-state index contributed by atoms with van der Waals surface area (Å²) in [6, 6.07) is 4.67. The van der Waals surface area contributed by atoms with E-state index in [1.807, 2.05) is 26.8 Å². The Morgan fingerprint density at radius 1 is 1.27 bits per heavy atom. The summed E-state index contributed by atoms with van der Waals surface area (Å²) in [7, 11) is 0. The van der Waals surface area contributed by atoms with Crippen molar-refractivity contribution in [1.29, 1.82) is 0 Å². The maximum atomic E-state index is 14.5. The van der Waals surface area contributed by atoms with Crippen molar-refractivity contribution in [3.63, 3.8) is 0 Å². The summed E-state index contributed by atoms with van der Waals surface area (Å²) in [4.78, 5) is 9.25. The van der Waals surface area contributed by atoms with Crippen LogP contribution < -0.4 is 0 Å². The Balaban J connectivity index is 2.20. The number of benzene rings is 1. The summed E-state index contributed by atoms with van der Waals surface area (Å²) >= 11 is 11.5. The van der Waals surface area contributed by atoms with Crippen LogP contribution in [-0.2, 0) is 6.42 Å². The molecule has 1 aromatic carbocycles. The second-order valence-electron chi connectivity index (χ2n) is 6.85. The van der Waals surface area contributed by atoms with Crippen LogP contribution in [-0.4, -0.2) is 16.2 Å². The fourth-order valence-electron chi connectivity index (χ4n) is 3.15. The van der Waals surface area contributed by atoms with E-state index in [0.29, 0.717) is 23.3 Å². The lowest BCUT2D eigenvalue weighted by atomic mass is 9.82. The van der Waals surface area contributed by atoms with Crippen molar-refractivity contribution in [3.05, 3.63) is 74.5 Å². The van der Waals surface area contributed by atoms with Gasteiger partial charge in [-0.15, -0.1) is 0 Å². The molecule has 3 rings (SSSR count). The van der Waals surface area contributed by atoms with Crippen LogP contribution >= 0.6 is 23.2 Å². The summed E-state index contributed by atoms with van der Waals surface area (Å²) in [6.45, 7) is 5.75. The van der Waals surface area contributed by atoms with Gasteiger partial charge in [-0.3, -0.25) is 9.98 Å². The van der Waals surface area contributed by atoms with Gasteiger partial charge in [-0.05, 0) is 51.0 Å². The van der Waals surface area contributed by atoms with Gasteiger partial charge >= 0.3 is 0 Å². The van der Waals surface area contributed by atoms with E-state index in [9.17, 15) is 8.78 Å². The van der Waals surface area contributed by atoms with E-state index in [4.69, 9.17) is 28.2 Å². The number of aliphatic imine (C=N–C) groups is 1. The highest BCUT2D eigenvalue weighted by Gasteiger charge is 2.33. The number of aryl methyl sites for hydroxylation is 2. The number of aromatic nitrogens is 1. The fraction of sp³-hybridized carbons (Fsp3) is 0.300. The number of fused-ring (bicyclic) bond motifs is 1. The molecule has 0 saturated carbocycles. The van der Waals surface area contributed by atoms with E-state index in [1.165, 1.54) is 0 Å². The predicted octanol–water partition coefficient (Wildman–Crippen LogP) is 5.84. The SMILES string of the molecule is Cc1cc(C2=NC(C)(CC=C(Cl)Cl)Cc3c2ccc(F)c3F)cnc1C. The molecule has 1 aliphatic heterocycles. The molecule has 0 radical (unpaired) electrons. The molecule has 6 heteroatoms. The molecule has 1 aromatic heterocycles. The van der Waals surface area contributed by atoms with Crippen molar-refractivity contribution >= 4 is 28.9 Å². The van der Waals surface area contributed by atoms with Crippen LogP contribution in [0.1, 0.15) is 41.3 Å². The van der Waals surface area contributed by atoms with Crippen molar-refractivity contribution in [1.82, 2.24) is 4.98 Å². The van der Waals surface area contributed by atoms with Crippen LogP contribution in [0.2, 0.25) is 0 Å². The molecule has 1 aliphatic rings. The monoisotopic (exact) mass is 394 g/mol. The lowest BCUT2D eigenvalue weighted by Gasteiger charge is -2.32. The normalized spacial score (nSPS) is 19.0. The first-order chi connectivity index (χ1) is 12.2. The first-order valence-electron chi connectivity index (χ1n) is 8.22. The molecule has 2 aromatic rings. The minimum absolute atomic E-state index is 0.126. The molecular formula is C20H18Cl2F2N2. The summed E-state index contributed by atoms with van der Waals surface area (Å²) in [5, 5.41) is 0. The molecule has 0 aliphatic carbocycles. The van der Waals surface area contributed by atoms with Crippen LogP contribution in [0.4, 0.5) is 8.78 Å². The number of pyridine rings is 1. The molecule has 0 N–H and O–H groups in total. The second-order valence-corrected chi connectivity index (χ2v) is 7.85. The fourth-order valence-corrected chi connectivity index (χ4v) is 3.30. The zero-order valence-corrected chi connectivity index (χ0v) is 16.2. The Hall–Kier alpha value is -1.78. The molecular weight excluding hydrogens is 377 g/mol. The molecule has 1 atom stereocenters. The van der Waals surface area contributed by atoms with E-state index < -0.39 is 17.2 Å². The molecule has 0 fully saturated rings. The molecule has 0 spiro atoms. The molecule has 2 nitrogen and oxygen atoms in total.